The molecule has 0 spiro atoms. The lowest BCUT2D eigenvalue weighted by Gasteiger charge is -2.44. The number of amides is 1. The number of rotatable bonds is 8. The third-order valence-corrected chi connectivity index (χ3v) is 7.77. The first-order valence-electron chi connectivity index (χ1n) is 12.9. The van der Waals surface area contributed by atoms with Gasteiger partial charge in [-0.05, 0) is 43.2 Å². The van der Waals surface area contributed by atoms with E-state index in [2.05, 4.69) is 11.8 Å². The van der Waals surface area contributed by atoms with Crippen LogP contribution in [0.2, 0.25) is 5.02 Å². The summed E-state index contributed by atoms with van der Waals surface area (Å²) in [6.45, 7) is 4.42. The molecule has 0 bridgehead atoms. The molecular weight excluding hydrogens is 514 g/mol. The van der Waals surface area contributed by atoms with Crippen molar-refractivity contribution < 1.29 is 23.4 Å². The smallest absolute Gasteiger partial charge is 0.309 e. The van der Waals surface area contributed by atoms with Gasteiger partial charge in [0.2, 0.25) is 5.76 Å². The fraction of sp³-hybridized carbons (Fsp3) is 0.464. The lowest BCUT2D eigenvalue weighted by molar-refractivity contribution is -0.123. The number of hydrogen-bond acceptors (Lipinski definition) is 6. The Morgan fingerprint density at radius 1 is 1.08 bits per heavy atom. The zero-order valence-corrected chi connectivity index (χ0v) is 22.4. The SMILES string of the molecule is CN1CC(N2CCN(CC(F)(F)c3cccc(O)c3)CC2)=C(OCC2(C)CC2)C(=O)N1c1cccc(Cl)c1. The molecule has 0 aromatic heterocycles. The molecule has 10 heteroatoms. The highest BCUT2D eigenvalue weighted by Gasteiger charge is 2.42. The molecule has 0 atom stereocenters. The number of halogens is 3. The molecule has 2 aromatic carbocycles. The Labute approximate surface area is 226 Å². The molecule has 1 N–H and O–H groups in total. The molecule has 1 amide bonds. The van der Waals surface area contributed by atoms with Gasteiger partial charge < -0.3 is 14.7 Å². The second-order valence-electron chi connectivity index (χ2n) is 10.8. The van der Waals surface area contributed by atoms with E-state index in [1.54, 1.807) is 28.1 Å². The van der Waals surface area contributed by atoms with Crippen LogP contribution >= 0.6 is 11.6 Å². The summed E-state index contributed by atoms with van der Waals surface area (Å²) in [5.74, 6) is -3.22. The lowest BCUT2D eigenvalue weighted by atomic mass is 10.1. The molecule has 204 valence electrons. The maximum atomic E-state index is 14.9. The van der Waals surface area contributed by atoms with Gasteiger partial charge in [0, 0.05) is 49.2 Å². The van der Waals surface area contributed by atoms with Crippen molar-refractivity contribution in [2.75, 3.05) is 57.9 Å². The van der Waals surface area contributed by atoms with Gasteiger partial charge in [-0.2, -0.15) is 8.78 Å². The van der Waals surface area contributed by atoms with E-state index in [1.165, 1.54) is 18.2 Å². The number of hydrogen-bond donors (Lipinski definition) is 1. The maximum absolute atomic E-state index is 14.9. The normalized spacial score (nSPS) is 20.7. The van der Waals surface area contributed by atoms with Crippen LogP contribution in [0.25, 0.3) is 0 Å². The van der Waals surface area contributed by atoms with Gasteiger partial charge in [0.05, 0.1) is 31.1 Å². The van der Waals surface area contributed by atoms with Gasteiger partial charge in [0.1, 0.15) is 5.75 Å². The fourth-order valence-electron chi connectivity index (χ4n) is 4.93. The van der Waals surface area contributed by atoms with Gasteiger partial charge >= 0.3 is 5.91 Å². The Balaban J connectivity index is 1.33. The number of likely N-dealkylation sites (N-methyl/N-ethyl adjacent to an activating group) is 1. The summed E-state index contributed by atoms with van der Waals surface area (Å²) in [4.78, 5) is 17.6. The number of carbonyl (C=O) groups excluding carboxylic acids is 1. The van der Waals surface area contributed by atoms with Crippen molar-refractivity contribution in [1.82, 2.24) is 14.8 Å². The summed E-state index contributed by atoms with van der Waals surface area (Å²) in [7, 11) is 1.84. The summed E-state index contributed by atoms with van der Waals surface area (Å²) in [6, 6.07) is 12.4. The minimum atomic E-state index is -3.09. The van der Waals surface area contributed by atoms with Crippen molar-refractivity contribution in [2.24, 2.45) is 5.41 Å². The predicted octanol–water partition coefficient (Wildman–Crippen LogP) is 4.68. The van der Waals surface area contributed by atoms with Crippen molar-refractivity contribution in [1.29, 1.82) is 0 Å². The van der Waals surface area contributed by atoms with Crippen LogP contribution in [0.4, 0.5) is 14.5 Å². The highest BCUT2D eigenvalue weighted by molar-refractivity contribution is 6.31. The quantitative estimate of drug-likeness (QED) is 0.519. The van der Waals surface area contributed by atoms with Gasteiger partial charge in [-0.1, -0.05) is 36.7 Å². The number of anilines is 1. The van der Waals surface area contributed by atoms with E-state index in [-0.39, 0.29) is 22.6 Å². The molecule has 7 nitrogen and oxygen atoms in total. The number of ether oxygens (including phenoxy) is 1. The Hall–Kier alpha value is -2.88. The van der Waals surface area contributed by atoms with Gasteiger partial charge in [-0.3, -0.25) is 9.69 Å². The number of hydrazine groups is 1. The summed E-state index contributed by atoms with van der Waals surface area (Å²) >= 11 is 6.20. The number of piperazine rings is 1. The van der Waals surface area contributed by atoms with Crippen LogP contribution in [-0.4, -0.2) is 78.7 Å². The van der Waals surface area contributed by atoms with Crippen molar-refractivity contribution in [2.45, 2.75) is 25.7 Å². The first-order chi connectivity index (χ1) is 18.0. The monoisotopic (exact) mass is 546 g/mol. The topological polar surface area (TPSA) is 59.5 Å². The molecule has 0 unspecified atom stereocenters. The van der Waals surface area contributed by atoms with E-state index in [9.17, 15) is 18.7 Å². The minimum Gasteiger partial charge on any atom is -0.508 e. The molecule has 3 aliphatic rings. The number of aromatic hydroxyl groups is 1. The second-order valence-corrected chi connectivity index (χ2v) is 11.2. The van der Waals surface area contributed by atoms with E-state index in [4.69, 9.17) is 16.3 Å². The van der Waals surface area contributed by atoms with Crippen molar-refractivity contribution in [3.8, 4) is 5.75 Å². The fourth-order valence-corrected chi connectivity index (χ4v) is 5.11. The molecular formula is C28H33ClF2N4O3. The molecule has 2 fully saturated rings. The Morgan fingerprint density at radius 2 is 1.79 bits per heavy atom. The van der Waals surface area contributed by atoms with E-state index in [0.29, 0.717) is 55.8 Å². The van der Waals surface area contributed by atoms with Crippen molar-refractivity contribution in [3.05, 3.63) is 70.6 Å². The molecule has 2 aliphatic heterocycles. The van der Waals surface area contributed by atoms with Crippen LogP contribution in [0.3, 0.4) is 0 Å². The zero-order chi connectivity index (χ0) is 27.1. The van der Waals surface area contributed by atoms with E-state index >= 15 is 0 Å². The molecule has 1 saturated heterocycles. The Kier molecular flexibility index (Phi) is 7.28. The van der Waals surface area contributed by atoms with Gasteiger partial charge in [0.25, 0.3) is 5.92 Å². The van der Waals surface area contributed by atoms with Gasteiger partial charge in [-0.25, -0.2) is 10.0 Å². The number of nitrogens with zero attached hydrogens (tertiary/aromatic N) is 4. The summed E-state index contributed by atoms with van der Waals surface area (Å²) < 4.78 is 36.1. The van der Waals surface area contributed by atoms with Crippen LogP contribution in [0.1, 0.15) is 25.3 Å². The first kappa shape index (κ1) is 26.7. The third-order valence-electron chi connectivity index (χ3n) is 7.53. The second kappa shape index (κ2) is 10.4. The number of carbonyl (C=O) groups is 1. The molecule has 1 saturated carbocycles. The van der Waals surface area contributed by atoms with E-state index < -0.39 is 12.5 Å². The molecule has 5 rings (SSSR count). The van der Waals surface area contributed by atoms with Gasteiger partial charge in [0.15, 0.2) is 0 Å². The van der Waals surface area contributed by atoms with Crippen LogP contribution in [0.5, 0.6) is 5.75 Å². The van der Waals surface area contributed by atoms with Crippen LogP contribution in [-0.2, 0) is 15.5 Å². The number of phenols is 1. The average molecular weight is 547 g/mol. The van der Waals surface area contributed by atoms with E-state index in [0.717, 1.165) is 24.6 Å². The number of phenolic OH excluding ortho intramolecular Hbond substituents is 1. The maximum Gasteiger partial charge on any atom is 0.309 e. The molecule has 2 heterocycles. The Morgan fingerprint density at radius 3 is 2.45 bits per heavy atom. The summed E-state index contributed by atoms with van der Waals surface area (Å²) in [5.41, 5.74) is 1.31. The van der Waals surface area contributed by atoms with Crippen molar-refractivity contribution in [3.63, 3.8) is 0 Å². The molecule has 2 aromatic rings. The largest absolute Gasteiger partial charge is 0.508 e. The van der Waals surface area contributed by atoms with Crippen molar-refractivity contribution >= 4 is 23.2 Å². The predicted molar refractivity (Wildman–Crippen MR) is 142 cm³/mol. The van der Waals surface area contributed by atoms with Gasteiger partial charge in [-0.15, -0.1) is 0 Å². The highest BCUT2D eigenvalue weighted by atomic mass is 35.5. The Bertz CT molecular complexity index is 1230. The molecule has 1 aliphatic carbocycles. The standard InChI is InChI=1S/C28H33ClF2N4O3/c1-27(9-10-27)19-38-25-24(17-32(2)35(26(25)37)22-7-4-6-21(29)16-22)34-13-11-33(12-14-34)18-28(30,31)20-5-3-8-23(36)15-20/h3-8,15-16,36H,9-14,17-19H2,1-2H3. The van der Waals surface area contributed by atoms with E-state index in [1.807, 2.05) is 18.1 Å². The van der Waals surface area contributed by atoms with Crippen LogP contribution < -0.4 is 5.01 Å². The first-order valence-corrected chi connectivity index (χ1v) is 13.2. The van der Waals surface area contributed by atoms with Crippen LogP contribution in [0.15, 0.2) is 60.0 Å². The average Bonchev–Trinajstić information content (AvgIpc) is 3.61. The number of benzene rings is 2. The number of alkyl halides is 2. The lowest BCUT2D eigenvalue weighted by Crippen LogP contribution is -2.56. The zero-order valence-electron chi connectivity index (χ0n) is 21.7. The molecule has 38 heavy (non-hydrogen) atoms. The summed E-state index contributed by atoms with van der Waals surface area (Å²) in [6.07, 6.45) is 2.13. The molecule has 0 radical (unpaired) electrons. The summed E-state index contributed by atoms with van der Waals surface area (Å²) in [5, 5.41) is 13.6. The van der Waals surface area contributed by atoms with Crippen LogP contribution in [0, 0.1) is 5.41 Å². The highest BCUT2D eigenvalue weighted by Crippen LogP contribution is 2.46. The minimum absolute atomic E-state index is 0.0821. The third kappa shape index (κ3) is 5.75.